The van der Waals surface area contributed by atoms with Gasteiger partial charge in [-0.05, 0) is 41.5 Å². The third-order valence-electron chi connectivity index (χ3n) is 5.37. The van der Waals surface area contributed by atoms with Crippen LogP contribution in [0.2, 0.25) is 0 Å². The molecule has 2 fully saturated rings. The Morgan fingerprint density at radius 2 is 2.13 bits per heavy atom. The molecule has 3 N–H and O–H groups in total. The molecule has 4 rings (SSSR count). The molecule has 0 spiro atoms. The first-order valence-corrected chi connectivity index (χ1v) is 9.73. The number of benzene rings is 1. The van der Waals surface area contributed by atoms with E-state index in [2.05, 4.69) is 20.8 Å². The lowest BCUT2D eigenvalue weighted by Crippen LogP contribution is -2.36. The molecular formula is C18H23FN8O3. The van der Waals surface area contributed by atoms with E-state index in [1.54, 1.807) is 16.8 Å². The maximum atomic E-state index is 14.9. The molecule has 1 aromatic heterocycles. The minimum absolute atomic E-state index is 0.0819. The first-order chi connectivity index (χ1) is 14.4. The lowest BCUT2D eigenvalue weighted by Gasteiger charge is -2.33. The Kier molecular flexibility index (Phi) is 5.38. The Balaban J connectivity index is 1.40. The van der Waals surface area contributed by atoms with Gasteiger partial charge in [0.15, 0.2) is 0 Å². The van der Waals surface area contributed by atoms with Crippen molar-refractivity contribution in [3.63, 3.8) is 0 Å². The standard InChI is InChI=1S/C18H23FN8O3/c1-11(28)21-9-14-10-26(18(29)30-14)13-2-3-16(15(19)8-13)25-6-4-12(5-7-25)27-17(20)22-23-24-27/h2-3,8,12,14H,4-7,9-10H2,1H3,(H,21,28)(H2,20,22,24)/t14-/m0/s1. The summed E-state index contributed by atoms with van der Waals surface area (Å²) < 4.78 is 21.7. The number of nitrogens with two attached hydrogens (primary N) is 1. The molecular weight excluding hydrogens is 395 g/mol. The zero-order chi connectivity index (χ0) is 21.3. The molecule has 12 heteroatoms. The Hall–Kier alpha value is -3.44. The second-order valence-corrected chi connectivity index (χ2v) is 7.39. The van der Waals surface area contributed by atoms with Gasteiger partial charge in [-0.15, -0.1) is 0 Å². The average molecular weight is 418 g/mol. The van der Waals surface area contributed by atoms with Crippen LogP contribution in [0.3, 0.4) is 0 Å². The van der Waals surface area contributed by atoms with Gasteiger partial charge in [0.05, 0.1) is 30.5 Å². The molecule has 30 heavy (non-hydrogen) atoms. The van der Waals surface area contributed by atoms with Gasteiger partial charge < -0.3 is 20.7 Å². The number of tetrazole rings is 1. The number of anilines is 3. The maximum absolute atomic E-state index is 14.9. The summed E-state index contributed by atoms with van der Waals surface area (Å²) in [6.07, 6.45) is 0.443. The van der Waals surface area contributed by atoms with Crippen molar-refractivity contribution in [2.24, 2.45) is 0 Å². The van der Waals surface area contributed by atoms with Gasteiger partial charge in [-0.2, -0.15) is 0 Å². The fourth-order valence-corrected chi connectivity index (χ4v) is 3.83. The van der Waals surface area contributed by atoms with Crippen molar-refractivity contribution in [1.82, 2.24) is 25.5 Å². The number of nitrogens with one attached hydrogen (secondary N) is 1. The van der Waals surface area contributed by atoms with Crippen LogP contribution in [0, 0.1) is 5.82 Å². The van der Waals surface area contributed by atoms with Gasteiger partial charge in [0.25, 0.3) is 0 Å². The number of rotatable bonds is 5. The third kappa shape index (κ3) is 3.98. The Labute approximate surface area is 171 Å². The van der Waals surface area contributed by atoms with Crippen molar-refractivity contribution in [2.45, 2.75) is 31.9 Å². The lowest BCUT2D eigenvalue weighted by molar-refractivity contribution is -0.119. The molecule has 0 radical (unpaired) electrons. The van der Waals surface area contributed by atoms with E-state index >= 15 is 0 Å². The van der Waals surface area contributed by atoms with Gasteiger partial charge in [-0.25, -0.2) is 13.9 Å². The van der Waals surface area contributed by atoms with Crippen LogP contribution in [-0.2, 0) is 9.53 Å². The second-order valence-electron chi connectivity index (χ2n) is 7.39. The first kappa shape index (κ1) is 19.9. The van der Waals surface area contributed by atoms with Crippen molar-refractivity contribution in [3.05, 3.63) is 24.0 Å². The Morgan fingerprint density at radius 3 is 2.77 bits per heavy atom. The number of amides is 2. The van der Waals surface area contributed by atoms with Crippen LogP contribution in [0.5, 0.6) is 0 Å². The highest BCUT2D eigenvalue weighted by atomic mass is 19.1. The fraction of sp³-hybridized carbons (Fsp3) is 0.500. The van der Waals surface area contributed by atoms with E-state index in [0.29, 0.717) is 24.5 Å². The largest absolute Gasteiger partial charge is 0.442 e. The van der Waals surface area contributed by atoms with E-state index in [9.17, 15) is 14.0 Å². The second kappa shape index (κ2) is 8.13. The number of nitrogen functional groups attached to an aromatic ring is 1. The van der Waals surface area contributed by atoms with Crippen molar-refractivity contribution in [3.8, 4) is 0 Å². The molecule has 0 bridgehead atoms. The smallest absolute Gasteiger partial charge is 0.414 e. The quantitative estimate of drug-likeness (QED) is 0.725. The topological polar surface area (TPSA) is 132 Å². The van der Waals surface area contributed by atoms with Crippen molar-refractivity contribution >= 4 is 29.3 Å². The molecule has 1 atom stereocenters. The fourth-order valence-electron chi connectivity index (χ4n) is 3.83. The van der Waals surface area contributed by atoms with Crippen molar-refractivity contribution in [2.75, 3.05) is 41.7 Å². The average Bonchev–Trinajstić information content (AvgIpc) is 3.32. The number of ether oxygens (including phenoxy) is 1. The van der Waals surface area contributed by atoms with Crippen LogP contribution in [0.4, 0.5) is 26.5 Å². The summed E-state index contributed by atoms with van der Waals surface area (Å²) in [5.74, 6) is -0.337. The van der Waals surface area contributed by atoms with E-state index in [-0.39, 0.29) is 31.0 Å². The molecule has 2 aliphatic heterocycles. The Bertz CT molecular complexity index is 943. The summed E-state index contributed by atoms with van der Waals surface area (Å²) in [5.41, 5.74) is 6.66. The zero-order valence-corrected chi connectivity index (χ0v) is 16.5. The van der Waals surface area contributed by atoms with E-state index < -0.39 is 18.0 Å². The number of carbonyl (C=O) groups is 2. The summed E-state index contributed by atoms with van der Waals surface area (Å²) in [6.45, 7) is 3.12. The highest BCUT2D eigenvalue weighted by Gasteiger charge is 2.33. The Morgan fingerprint density at radius 1 is 1.37 bits per heavy atom. The van der Waals surface area contributed by atoms with Crippen LogP contribution >= 0.6 is 0 Å². The van der Waals surface area contributed by atoms with Crippen LogP contribution < -0.4 is 20.9 Å². The monoisotopic (exact) mass is 418 g/mol. The van der Waals surface area contributed by atoms with Crippen LogP contribution in [0.1, 0.15) is 25.8 Å². The number of piperidine rings is 1. The predicted molar refractivity (Wildman–Crippen MR) is 105 cm³/mol. The third-order valence-corrected chi connectivity index (χ3v) is 5.37. The molecule has 1 aromatic carbocycles. The van der Waals surface area contributed by atoms with E-state index in [4.69, 9.17) is 10.5 Å². The van der Waals surface area contributed by atoms with E-state index in [0.717, 1.165) is 12.8 Å². The highest BCUT2D eigenvalue weighted by Crippen LogP contribution is 2.31. The van der Waals surface area contributed by atoms with Crippen LogP contribution in [0.15, 0.2) is 18.2 Å². The van der Waals surface area contributed by atoms with Gasteiger partial charge in [-0.3, -0.25) is 9.69 Å². The predicted octanol–water partition coefficient (Wildman–Crippen LogP) is 0.697. The molecule has 11 nitrogen and oxygen atoms in total. The van der Waals surface area contributed by atoms with Crippen LogP contribution in [-0.4, -0.2) is 64.5 Å². The molecule has 2 aliphatic rings. The van der Waals surface area contributed by atoms with Gasteiger partial charge in [0.1, 0.15) is 11.9 Å². The first-order valence-electron chi connectivity index (χ1n) is 9.73. The summed E-state index contributed by atoms with van der Waals surface area (Å²) in [7, 11) is 0. The molecule has 160 valence electrons. The number of hydrogen-bond donors (Lipinski definition) is 2. The van der Waals surface area contributed by atoms with Gasteiger partial charge >= 0.3 is 6.09 Å². The minimum Gasteiger partial charge on any atom is -0.442 e. The highest BCUT2D eigenvalue weighted by molar-refractivity contribution is 5.90. The number of hydrogen-bond acceptors (Lipinski definition) is 8. The summed E-state index contributed by atoms with van der Waals surface area (Å²) in [4.78, 5) is 26.5. The molecule has 3 heterocycles. The number of aromatic nitrogens is 4. The van der Waals surface area contributed by atoms with Gasteiger partial charge in [0.2, 0.25) is 11.9 Å². The SMILES string of the molecule is CC(=O)NC[C@H]1CN(c2ccc(N3CCC(n4nnnc4N)CC3)c(F)c2)C(=O)O1. The van der Waals surface area contributed by atoms with Crippen molar-refractivity contribution < 1.29 is 18.7 Å². The van der Waals surface area contributed by atoms with Crippen LogP contribution in [0.25, 0.3) is 0 Å². The molecule has 2 aromatic rings. The summed E-state index contributed by atoms with van der Waals surface area (Å²) >= 11 is 0. The van der Waals surface area contributed by atoms with Gasteiger partial charge in [-0.1, -0.05) is 5.10 Å². The molecule has 2 saturated heterocycles. The maximum Gasteiger partial charge on any atom is 0.414 e. The molecule has 0 unspecified atom stereocenters. The zero-order valence-electron chi connectivity index (χ0n) is 16.5. The summed E-state index contributed by atoms with van der Waals surface area (Å²) in [5, 5.41) is 13.8. The lowest BCUT2D eigenvalue weighted by atomic mass is 10.0. The number of cyclic esters (lactones) is 1. The normalized spacial score (nSPS) is 19.8. The van der Waals surface area contributed by atoms with Crippen molar-refractivity contribution in [1.29, 1.82) is 0 Å². The number of halogens is 1. The van der Waals surface area contributed by atoms with E-state index in [1.807, 2.05) is 4.90 Å². The molecule has 0 saturated carbocycles. The van der Waals surface area contributed by atoms with Gasteiger partial charge in [0, 0.05) is 20.0 Å². The minimum atomic E-state index is -0.558. The molecule has 0 aliphatic carbocycles. The molecule has 2 amide bonds. The summed E-state index contributed by atoms with van der Waals surface area (Å²) in [6, 6.07) is 4.79. The number of carbonyl (C=O) groups excluding carboxylic acids is 2. The number of nitrogens with zero attached hydrogens (tertiary/aromatic N) is 6. The van der Waals surface area contributed by atoms with E-state index in [1.165, 1.54) is 17.9 Å².